The molecule has 0 heterocycles. The smallest absolute Gasteiger partial charge is 0.128 e. The second-order valence-corrected chi connectivity index (χ2v) is 11.0. The predicted octanol–water partition coefficient (Wildman–Crippen LogP) is 4.12. The summed E-state index contributed by atoms with van der Waals surface area (Å²) in [5.74, 6) is -1.14. The molecule has 2 rings (SSSR count). The summed E-state index contributed by atoms with van der Waals surface area (Å²) in [6.07, 6.45) is 0. The second kappa shape index (κ2) is 5.75. The molecular weight excluding hydrogens is 272 g/mol. The van der Waals surface area contributed by atoms with Crippen LogP contribution in [-0.4, -0.2) is 8.07 Å². The minimum absolute atomic E-state index is 0.455. The van der Waals surface area contributed by atoms with Gasteiger partial charge in [0.05, 0.1) is 8.07 Å². The summed E-state index contributed by atoms with van der Waals surface area (Å²) in [7, 11) is -1.28. The van der Waals surface area contributed by atoms with E-state index < -0.39 is 19.7 Å². The second-order valence-electron chi connectivity index (χ2n) is 5.96. The molecule has 20 heavy (non-hydrogen) atoms. The maximum Gasteiger partial charge on any atom is 0.128 e. The van der Waals surface area contributed by atoms with E-state index in [1.807, 2.05) is 0 Å². The predicted molar refractivity (Wildman–Crippen MR) is 83.1 cm³/mol. The zero-order chi connectivity index (χ0) is 14.8. The molecule has 0 saturated heterocycles. The lowest BCUT2D eigenvalue weighted by atomic mass is 10.2. The topological polar surface area (TPSA) is 12.0 Å². The largest absolute Gasteiger partial charge is 0.381 e. The van der Waals surface area contributed by atoms with Gasteiger partial charge >= 0.3 is 0 Å². The molecule has 0 spiro atoms. The van der Waals surface area contributed by atoms with E-state index in [0.717, 1.165) is 11.6 Å². The number of nitrogens with one attached hydrogen (secondary N) is 1. The van der Waals surface area contributed by atoms with Crippen molar-refractivity contribution in [1.29, 1.82) is 0 Å². The van der Waals surface area contributed by atoms with Crippen molar-refractivity contribution in [2.45, 2.75) is 26.2 Å². The number of benzene rings is 2. The van der Waals surface area contributed by atoms with E-state index >= 15 is 0 Å². The molecule has 2 aromatic rings. The van der Waals surface area contributed by atoms with Crippen LogP contribution in [0.15, 0.2) is 42.5 Å². The molecule has 0 unspecified atom stereocenters. The third-order valence-corrected chi connectivity index (χ3v) is 5.24. The van der Waals surface area contributed by atoms with Gasteiger partial charge in [0.15, 0.2) is 0 Å². The Bertz CT molecular complexity index is 568. The SMILES string of the molecule is C[Si](C)(C)c1ccc(CNc2cc(F)cc(F)c2)cc1. The Morgan fingerprint density at radius 1 is 0.900 bits per heavy atom. The molecule has 0 radical (unpaired) electrons. The molecule has 0 fully saturated rings. The third-order valence-electron chi connectivity index (χ3n) is 3.18. The Morgan fingerprint density at radius 3 is 1.95 bits per heavy atom. The summed E-state index contributed by atoms with van der Waals surface area (Å²) in [6, 6.07) is 11.9. The molecule has 2 aromatic carbocycles. The van der Waals surface area contributed by atoms with Gasteiger partial charge in [0.1, 0.15) is 11.6 Å². The maximum atomic E-state index is 13.1. The van der Waals surface area contributed by atoms with Crippen LogP contribution >= 0.6 is 0 Å². The molecule has 1 nitrogen and oxygen atoms in total. The highest BCUT2D eigenvalue weighted by molar-refractivity contribution is 6.88. The zero-order valence-corrected chi connectivity index (χ0v) is 13.0. The van der Waals surface area contributed by atoms with E-state index in [4.69, 9.17) is 0 Å². The lowest BCUT2D eigenvalue weighted by Crippen LogP contribution is -2.37. The first-order valence-corrected chi connectivity index (χ1v) is 10.1. The summed E-state index contributed by atoms with van der Waals surface area (Å²) in [5, 5.41) is 4.43. The maximum absolute atomic E-state index is 13.1. The van der Waals surface area contributed by atoms with E-state index in [2.05, 4.69) is 49.2 Å². The van der Waals surface area contributed by atoms with Gasteiger partial charge in [-0.25, -0.2) is 8.78 Å². The van der Waals surface area contributed by atoms with Crippen molar-refractivity contribution >= 4 is 18.9 Å². The molecule has 0 aliphatic carbocycles. The summed E-state index contributed by atoms with van der Waals surface area (Å²) in [4.78, 5) is 0. The van der Waals surface area contributed by atoms with Crippen molar-refractivity contribution in [2.75, 3.05) is 5.32 Å². The van der Waals surface area contributed by atoms with Gasteiger partial charge in [-0.05, 0) is 17.7 Å². The van der Waals surface area contributed by atoms with E-state index in [1.165, 1.54) is 17.3 Å². The highest BCUT2D eigenvalue weighted by Gasteiger charge is 2.15. The van der Waals surface area contributed by atoms with Crippen LogP contribution in [0.4, 0.5) is 14.5 Å². The minimum Gasteiger partial charge on any atom is -0.381 e. The number of hydrogen-bond donors (Lipinski definition) is 1. The molecule has 0 atom stereocenters. The van der Waals surface area contributed by atoms with Crippen molar-refractivity contribution in [3.05, 3.63) is 59.7 Å². The van der Waals surface area contributed by atoms with Crippen molar-refractivity contribution in [3.63, 3.8) is 0 Å². The quantitative estimate of drug-likeness (QED) is 0.836. The zero-order valence-electron chi connectivity index (χ0n) is 12.0. The normalized spacial score (nSPS) is 11.4. The van der Waals surface area contributed by atoms with Crippen LogP contribution in [0.25, 0.3) is 0 Å². The summed E-state index contributed by atoms with van der Waals surface area (Å²) in [6.45, 7) is 7.45. The van der Waals surface area contributed by atoms with Crippen molar-refractivity contribution in [3.8, 4) is 0 Å². The van der Waals surface area contributed by atoms with Crippen molar-refractivity contribution in [1.82, 2.24) is 0 Å². The van der Waals surface area contributed by atoms with Gasteiger partial charge in [0.25, 0.3) is 0 Å². The molecule has 0 amide bonds. The van der Waals surface area contributed by atoms with Gasteiger partial charge in [-0.15, -0.1) is 0 Å². The molecule has 0 aromatic heterocycles. The summed E-state index contributed by atoms with van der Waals surface area (Å²) < 4.78 is 26.1. The first kappa shape index (κ1) is 14.7. The van der Waals surface area contributed by atoms with Gasteiger partial charge in [-0.1, -0.05) is 49.1 Å². The van der Waals surface area contributed by atoms with Gasteiger partial charge in [-0.2, -0.15) is 0 Å². The van der Waals surface area contributed by atoms with E-state index in [1.54, 1.807) is 0 Å². The average Bonchev–Trinajstić information content (AvgIpc) is 2.35. The number of halogens is 2. The van der Waals surface area contributed by atoms with E-state index in [0.29, 0.717) is 12.2 Å². The van der Waals surface area contributed by atoms with Crippen LogP contribution < -0.4 is 10.5 Å². The Balaban J connectivity index is 2.04. The molecule has 0 aliphatic rings. The molecule has 0 aliphatic heterocycles. The lowest BCUT2D eigenvalue weighted by Gasteiger charge is -2.17. The summed E-state index contributed by atoms with van der Waals surface area (Å²) >= 11 is 0. The van der Waals surface area contributed by atoms with Gasteiger partial charge in [0, 0.05) is 18.3 Å². The van der Waals surface area contributed by atoms with E-state index in [-0.39, 0.29) is 0 Å². The standard InChI is InChI=1S/C16H19F2NSi/c1-20(2,3)16-6-4-12(5-7-16)11-19-15-9-13(17)8-14(18)10-15/h4-10,19H,11H2,1-3H3. The first-order chi connectivity index (χ1) is 9.34. The third kappa shape index (κ3) is 3.90. The molecule has 1 N–H and O–H groups in total. The van der Waals surface area contributed by atoms with Crippen LogP contribution in [0, 0.1) is 11.6 Å². The first-order valence-electron chi connectivity index (χ1n) is 6.64. The fraction of sp³-hybridized carbons (Fsp3) is 0.250. The van der Waals surface area contributed by atoms with Gasteiger partial charge in [-0.3, -0.25) is 0 Å². The highest BCUT2D eigenvalue weighted by Crippen LogP contribution is 2.14. The Hall–Kier alpha value is -1.68. The van der Waals surface area contributed by atoms with Gasteiger partial charge < -0.3 is 5.32 Å². The Labute approximate surface area is 119 Å². The molecule has 4 heteroatoms. The fourth-order valence-electron chi connectivity index (χ4n) is 1.98. The van der Waals surface area contributed by atoms with Crippen LogP contribution in [0.5, 0.6) is 0 Å². The van der Waals surface area contributed by atoms with Crippen molar-refractivity contribution < 1.29 is 8.78 Å². The Kier molecular flexibility index (Phi) is 4.23. The fourth-order valence-corrected chi connectivity index (χ4v) is 3.15. The molecule has 106 valence electrons. The molecule has 0 saturated carbocycles. The molecular formula is C16H19F2NSi. The van der Waals surface area contributed by atoms with Crippen LogP contribution in [0.3, 0.4) is 0 Å². The Morgan fingerprint density at radius 2 is 1.45 bits per heavy atom. The number of anilines is 1. The number of rotatable bonds is 4. The monoisotopic (exact) mass is 291 g/mol. The molecule has 0 bridgehead atoms. The summed E-state index contributed by atoms with van der Waals surface area (Å²) in [5.41, 5.74) is 1.55. The van der Waals surface area contributed by atoms with Crippen LogP contribution in [-0.2, 0) is 6.54 Å². The van der Waals surface area contributed by atoms with Crippen LogP contribution in [0.1, 0.15) is 5.56 Å². The number of hydrogen-bond acceptors (Lipinski definition) is 1. The van der Waals surface area contributed by atoms with Crippen molar-refractivity contribution in [2.24, 2.45) is 0 Å². The lowest BCUT2D eigenvalue weighted by molar-refractivity contribution is 0.584. The highest BCUT2D eigenvalue weighted by atomic mass is 28.3. The van der Waals surface area contributed by atoms with Crippen LogP contribution in [0.2, 0.25) is 19.6 Å². The van der Waals surface area contributed by atoms with Gasteiger partial charge in [0.2, 0.25) is 0 Å². The minimum atomic E-state index is -1.28. The van der Waals surface area contributed by atoms with E-state index in [9.17, 15) is 8.78 Å². The average molecular weight is 291 g/mol.